The minimum absolute atomic E-state index is 0.0364. The average molecular weight is 229 g/mol. The Balaban J connectivity index is 1.97. The molecule has 90 valence electrons. The predicted molar refractivity (Wildman–Crippen MR) is 69.8 cm³/mol. The molecule has 0 radical (unpaired) electrons. The van der Waals surface area contributed by atoms with E-state index in [4.69, 9.17) is 10.2 Å². The molecule has 2 atom stereocenters. The SMILES string of the molecule is Cc1cccc2cc(C(N)C(C)C3CC3)oc12. The zero-order valence-corrected chi connectivity index (χ0v) is 10.4. The van der Waals surface area contributed by atoms with Gasteiger partial charge < -0.3 is 10.2 Å². The van der Waals surface area contributed by atoms with E-state index in [1.165, 1.54) is 23.8 Å². The van der Waals surface area contributed by atoms with E-state index in [1.807, 2.05) is 0 Å². The van der Waals surface area contributed by atoms with Gasteiger partial charge >= 0.3 is 0 Å². The molecule has 1 saturated carbocycles. The van der Waals surface area contributed by atoms with E-state index in [-0.39, 0.29) is 6.04 Å². The molecule has 0 amide bonds. The van der Waals surface area contributed by atoms with Crippen LogP contribution in [0.1, 0.15) is 37.1 Å². The van der Waals surface area contributed by atoms with E-state index in [9.17, 15) is 0 Å². The molecule has 2 heteroatoms. The van der Waals surface area contributed by atoms with Crippen LogP contribution in [-0.2, 0) is 0 Å². The summed E-state index contributed by atoms with van der Waals surface area (Å²) < 4.78 is 5.93. The second-order valence-corrected chi connectivity index (χ2v) is 5.36. The molecule has 3 rings (SSSR count). The monoisotopic (exact) mass is 229 g/mol. The van der Waals surface area contributed by atoms with Crippen molar-refractivity contribution in [2.45, 2.75) is 32.7 Å². The third-order valence-corrected chi connectivity index (χ3v) is 4.02. The maximum absolute atomic E-state index is 6.30. The summed E-state index contributed by atoms with van der Waals surface area (Å²) in [5.74, 6) is 2.27. The van der Waals surface area contributed by atoms with Crippen molar-refractivity contribution in [1.29, 1.82) is 0 Å². The van der Waals surface area contributed by atoms with Gasteiger partial charge in [0, 0.05) is 5.39 Å². The van der Waals surface area contributed by atoms with Gasteiger partial charge in [0.15, 0.2) is 0 Å². The molecule has 0 aliphatic heterocycles. The largest absolute Gasteiger partial charge is 0.459 e. The van der Waals surface area contributed by atoms with E-state index in [0.29, 0.717) is 5.92 Å². The summed E-state index contributed by atoms with van der Waals surface area (Å²) in [5, 5.41) is 1.17. The molecule has 2 aromatic rings. The molecule has 1 aromatic carbocycles. The van der Waals surface area contributed by atoms with Crippen LogP contribution < -0.4 is 5.73 Å². The molecule has 2 nitrogen and oxygen atoms in total. The molecule has 1 fully saturated rings. The van der Waals surface area contributed by atoms with Gasteiger partial charge in [-0.1, -0.05) is 25.1 Å². The Hall–Kier alpha value is -1.28. The van der Waals surface area contributed by atoms with Gasteiger partial charge in [0.05, 0.1) is 6.04 Å². The lowest BCUT2D eigenvalue weighted by atomic mass is 9.95. The quantitative estimate of drug-likeness (QED) is 0.869. The van der Waals surface area contributed by atoms with Crippen LogP contribution in [0.5, 0.6) is 0 Å². The summed E-state index contributed by atoms with van der Waals surface area (Å²) in [6, 6.07) is 8.36. The van der Waals surface area contributed by atoms with Gasteiger partial charge in [-0.05, 0) is 43.2 Å². The molecule has 2 N–H and O–H groups in total. The van der Waals surface area contributed by atoms with E-state index < -0.39 is 0 Å². The maximum atomic E-state index is 6.30. The van der Waals surface area contributed by atoms with Gasteiger partial charge in [-0.25, -0.2) is 0 Å². The number of para-hydroxylation sites is 1. The number of nitrogens with two attached hydrogens (primary N) is 1. The molecule has 17 heavy (non-hydrogen) atoms. The Labute approximate surface area is 102 Å². The lowest BCUT2D eigenvalue weighted by Crippen LogP contribution is -2.19. The van der Waals surface area contributed by atoms with E-state index in [2.05, 4.69) is 38.1 Å². The predicted octanol–water partition coefficient (Wildman–Crippen LogP) is 3.79. The van der Waals surface area contributed by atoms with Crippen LogP contribution in [0.3, 0.4) is 0 Å². The minimum atomic E-state index is 0.0364. The zero-order chi connectivity index (χ0) is 12.0. The molecule has 0 spiro atoms. The molecule has 1 heterocycles. The van der Waals surface area contributed by atoms with E-state index in [1.54, 1.807) is 0 Å². The first-order valence-electron chi connectivity index (χ1n) is 6.41. The normalized spacial score (nSPS) is 19.5. The first-order chi connectivity index (χ1) is 8.16. The molecule has 2 unspecified atom stereocenters. The van der Waals surface area contributed by atoms with Gasteiger partial charge in [-0.15, -0.1) is 0 Å². The summed E-state index contributed by atoms with van der Waals surface area (Å²) in [6.07, 6.45) is 2.66. The summed E-state index contributed by atoms with van der Waals surface area (Å²) in [7, 11) is 0. The number of hydrogen-bond donors (Lipinski definition) is 1. The van der Waals surface area contributed by atoms with Crippen molar-refractivity contribution in [3.8, 4) is 0 Å². The number of rotatable bonds is 3. The third kappa shape index (κ3) is 1.87. The molecular formula is C15H19NO. The first kappa shape index (κ1) is 10.8. The highest BCUT2D eigenvalue weighted by Gasteiger charge is 2.33. The van der Waals surface area contributed by atoms with Gasteiger partial charge in [-0.2, -0.15) is 0 Å². The lowest BCUT2D eigenvalue weighted by Gasteiger charge is -2.16. The highest BCUT2D eigenvalue weighted by atomic mass is 16.3. The molecule has 0 saturated heterocycles. The van der Waals surface area contributed by atoms with Gasteiger partial charge in [0.25, 0.3) is 0 Å². The molecule has 1 aliphatic rings. The summed E-state index contributed by atoms with van der Waals surface area (Å²) in [4.78, 5) is 0. The fourth-order valence-corrected chi connectivity index (χ4v) is 2.57. The molecular weight excluding hydrogens is 210 g/mol. The van der Waals surface area contributed by atoms with Crippen LogP contribution in [0, 0.1) is 18.8 Å². The topological polar surface area (TPSA) is 39.2 Å². The Bertz CT molecular complexity index is 539. The maximum Gasteiger partial charge on any atom is 0.137 e. The first-order valence-corrected chi connectivity index (χ1v) is 6.41. The second-order valence-electron chi connectivity index (χ2n) is 5.36. The van der Waals surface area contributed by atoms with Crippen LogP contribution in [0.25, 0.3) is 11.0 Å². The van der Waals surface area contributed by atoms with Crippen molar-refractivity contribution in [1.82, 2.24) is 0 Å². The van der Waals surface area contributed by atoms with Gasteiger partial charge in [0.1, 0.15) is 11.3 Å². The van der Waals surface area contributed by atoms with Crippen molar-refractivity contribution < 1.29 is 4.42 Å². The minimum Gasteiger partial charge on any atom is -0.459 e. The van der Waals surface area contributed by atoms with Crippen molar-refractivity contribution in [2.75, 3.05) is 0 Å². The highest BCUT2D eigenvalue weighted by Crippen LogP contribution is 2.42. The molecule has 1 aromatic heterocycles. The number of hydrogen-bond acceptors (Lipinski definition) is 2. The van der Waals surface area contributed by atoms with Crippen molar-refractivity contribution in [3.63, 3.8) is 0 Å². The third-order valence-electron chi connectivity index (χ3n) is 4.02. The Kier molecular flexibility index (Phi) is 2.48. The Morgan fingerprint density at radius 1 is 1.35 bits per heavy atom. The van der Waals surface area contributed by atoms with Gasteiger partial charge in [-0.3, -0.25) is 0 Å². The van der Waals surface area contributed by atoms with Crippen LogP contribution in [0.2, 0.25) is 0 Å². The van der Waals surface area contributed by atoms with Crippen molar-refractivity contribution >= 4 is 11.0 Å². The number of fused-ring (bicyclic) bond motifs is 1. The van der Waals surface area contributed by atoms with Crippen molar-refractivity contribution in [2.24, 2.45) is 17.6 Å². The van der Waals surface area contributed by atoms with E-state index >= 15 is 0 Å². The summed E-state index contributed by atoms with van der Waals surface area (Å²) in [6.45, 7) is 4.31. The van der Waals surface area contributed by atoms with Crippen LogP contribution in [0.15, 0.2) is 28.7 Å². The Morgan fingerprint density at radius 3 is 2.76 bits per heavy atom. The molecule has 1 aliphatic carbocycles. The fraction of sp³-hybridized carbons (Fsp3) is 0.467. The highest BCUT2D eigenvalue weighted by molar-refractivity contribution is 5.81. The van der Waals surface area contributed by atoms with Crippen molar-refractivity contribution in [3.05, 3.63) is 35.6 Å². The summed E-state index contributed by atoms with van der Waals surface area (Å²) in [5.41, 5.74) is 8.47. The smallest absolute Gasteiger partial charge is 0.137 e. The van der Waals surface area contributed by atoms with Crippen LogP contribution in [0.4, 0.5) is 0 Å². The fourth-order valence-electron chi connectivity index (χ4n) is 2.57. The van der Waals surface area contributed by atoms with Crippen LogP contribution in [-0.4, -0.2) is 0 Å². The van der Waals surface area contributed by atoms with Crippen LogP contribution >= 0.6 is 0 Å². The number of aryl methyl sites for hydroxylation is 1. The zero-order valence-electron chi connectivity index (χ0n) is 10.4. The average Bonchev–Trinajstić information content (AvgIpc) is 3.07. The lowest BCUT2D eigenvalue weighted by molar-refractivity contribution is 0.362. The summed E-state index contributed by atoms with van der Waals surface area (Å²) >= 11 is 0. The van der Waals surface area contributed by atoms with E-state index in [0.717, 1.165) is 17.3 Å². The molecule has 0 bridgehead atoms. The number of benzene rings is 1. The standard InChI is InChI=1S/C15H19NO/c1-9-4-3-5-12-8-13(17-15(9)12)14(16)10(2)11-6-7-11/h3-5,8,10-11,14H,6-7,16H2,1-2H3. The number of furan rings is 1. The van der Waals surface area contributed by atoms with Gasteiger partial charge in [0.2, 0.25) is 0 Å². The second kappa shape index (κ2) is 3.88. The Morgan fingerprint density at radius 2 is 2.12 bits per heavy atom.